The summed E-state index contributed by atoms with van der Waals surface area (Å²) in [4.78, 5) is 25.3. The molecule has 7 nitrogen and oxygen atoms in total. The van der Waals surface area contributed by atoms with Crippen LogP contribution in [0.1, 0.15) is 22.2 Å². The van der Waals surface area contributed by atoms with Crippen molar-refractivity contribution in [3.8, 4) is 11.4 Å². The average Bonchev–Trinajstić information content (AvgIpc) is 3.29. The van der Waals surface area contributed by atoms with Crippen molar-refractivity contribution in [2.45, 2.75) is 18.5 Å². The molecule has 0 bridgehead atoms. The number of nitrogens with one attached hydrogen (secondary N) is 1. The highest BCUT2D eigenvalue weighted by Gasteiger charge is 2.19. The predicted molar refractivity (Wildman–Crippen MR) is 116 cm³/mol. The zero-order chi connectivity index (χ0) is 21.0. The normalized spacial score (nSPS) is 10.8. The van der Waals surface area contributed by atoms with Gasteiger partial charge in [0.05, 0.1) is 18.4 Å². The molecule has 3 aromatic rings. The first-order valence-electron chi connectivity index (χ1n) is 8.72. The number of nitrogens with zero attached hydrogens (tertiary/aromatic N) is 3. The van der Waals surface area contributed by atoms with Crippen LogP contribution < -0.4 is 5.32 Å². The molecule has 0 saturated carbocycles. The lowest BCUT2D eigenvalue weighted by Crippen LogP contribution is -2.16. The van der Waals surface area contributed by atoms with Gasteiger partial charge in [0, 0.05) is 22.5 Å². The van der Waals surface area contributed by atoms with Crippen LogP contribution in [0.15, 0.2) is 35.5 Å². The van der Waals surface area contributed by atoms with Gasteiger partial charge in [0.25, 0.3) is 0 Å². The van der Waals surface area contributed by atoms with E-state index in [2.05, 4.69) is 15.5 Å². The van der Waals surface area contributed by atoms with Gasteiger partial charge in [-0.1, -0.05) is 42.4 Å². The molecular weight excluding hydrogens is 432 g/mol. The Hall–Kier alpha value is -2.36. The number of amides is 1. The number of carbonyl (C=O) groups is 2. The third-order valence-corrected chi connectivity index (χ3v) is 6.49. The average molecular weight is 451 g/mol. The topological polar surface area (TPSA) is 86.1 Å². The molecule has 0 radical (unpaired) electrons. The van der Waals surface area contributed by atoms with Crippen molar-refractivity contribution in [2.24, 2.45) is 7.05 Å². The quantitative estimate of drug-likeness (QED) is 0.427. The van der Waals surface area contributed by atoms with Gasteiger partial charge in [-0.25, -0.2) is 4.79 Å². The maximum absolute atomic E-state index is 12.4. The van der Waals surface area contributed by atoms with E-state index in [1.807, 2.05) is 36.7 Å². The van der Waals surface area contributed by atoms with Crippen LogP contribution in [-0.2, 0) is 23.0 Å². The lowest BCUT2D eigenvalue weighted by Gasteiger charge is -2.06. The van der Waals surface area contributed by atoms with E-state index in [4.69, 9.17) is 16.3 Å². The van der Waals surface area contributed by atoms with Gasteiger partial charge in [0.2, 0.25) is 5.91 Å². The van der Waals surface area contributed by atoms with Crippen LogP contribution in [0, 0.1) is 0 Å². The highest BCUT2D eigenvalue weighted by atomic mass is 35.5. The van der Waals surface area contributed by atoms with Crippen molar-refractivity contribution < 1.29 is 14.3 Å². The van der Waals surface area contributed by atoms with Gasteiger partial charge in [-0.15, -0.1) is 21.5 Å². The monoisotopic (exact) mass is 450 g/mol. The summed E-state index contributed by atoms with van der Waals surface area (Å²) in [5, 5.41) is 12.9. The molecule has 0 fully saturated rings. The van der Waals surface area contributed by atoms with Crippen molar-refractivity contribution in [2.75, 3.05) is 18.2 Å². The number of thioether (sulfide) groups is 1. The molecule has 152 valence electrons. The van der Waals surface area contributed by atoms with Crippen molar-refractivity contribution in [3.63, 3.8) is 0 Å². The summed E-state index contributed by atoms with van der Waals surface area (Å²) < 4.78 is 6.60. The number of anilines is 1. The molecule has 0 unspecified atom stereocenters. The Labute approximate surface area is 181 Å². The van der Waals surface area contributed by atoms with Gasteiger partial charge in [-0.3, -0.25) is 4.79 Å². The van der Waals surface area contributed by atoms with Gasteiger partial charge in [0.15, 0.2) is 11.0 Å². The largest absolute Gasteiger partial charge is 0.465 e. The fourth-order valence-corrected chi connectivity index (χ4v) is 4.48. The lowest BCUT2D eigenvalue weighted by atomic mass is 10.2. The lowest BCUT2D eigenvalue weighted by molar-refractivity contribution is -0.113. The first-order chi connectivity index (χ1) is 13.9. The number of halogens is 1. The van der Waals surface area contributed by atoms with E-state index in [9.17, 15) is 9.59 Å². The Bertz CT molecular complexity index is 1050. The van der Waals surface area contributed by atoms with Crippen LogP contribution in [0.2, 0.25) is 5.02 Å². The molecule has 1 aromatic carbocycles. The summed E-state index contributed by atoms with van der Waals surface area (Å²) in [7, 11) is 3.15. The second-order valence-corrected chi connectivity index (χ2v) is 8.53. The van der Waals surface area contributed by atoms with Crippen molar-refractivity contribution in [3.05, 3.63) is 45.8 Å². The Morgan fingerprint density at radius 1 is 1.31 bits per heavy atom. The van der Waals surface area contributed by atoms with Crippen LogP contribution in [0.3, 0.4) is 0 Å². The Morgan fingerprint density at radius 3 is 2.79 bits per heavy atom. The number of aromatic nitrogens is 3. The van der Waals surface area contributed by atoms with Gasteiger partial charge < -0.3 is 14.6 Å². The van der Waals surface area contributed by atoms with Gasteiger partial charge in [0.1, 0.15) is 5.00 Å². The second-order valence-electron chi connectivity index (χ2n) is 6.01. The molecular formula is C19H19ClN4O3S2. The number of benzene rings is 1. The number of ether oxygens (including phenoxy) is 1. The zero-order valence-corrected chi connectivity index (χ0v) is 18.5. The second kappa shape index (κ2) is 9.43. The third kappa shape index (κ3) is 4.98. The van der Waals surface area contributed by atoms with E-state index in [0.717, 1.165) is 16.9 Å². The molecule has 1 amide bonds. The first-order valence-corrected chi connectivity index (χ1v) is 10.9. The zero-order valence-electron chi connectivity index (χ0n) is 16.1. The van der Waals surface area contributed by atoms with E-state index >= 15 is 0 Å². The van der Waals surface area contributed by atoms with Crippen LogP contribution in [-0.4, -0.2) is 39.5 Å². The Morgan fingerprint density at radius 2 is 2.10 bits per heavy atom. The van der Waals surface area contributed by atoms with Crippen molar-refractivity contribution in [1.82, 2.24) is 14.8 Å². The predicted octanol–water partition coefficient (Wildman–Crippen LogP) is 4.28. The molecule has 0 aliphatic rings. The smallest absolute Gasteiger partial charge is 0.340 e. The summed E-state index contributed by atoms with van der Waals surface area (Å²) in [5.41, 5.74) is 1.21. The summed E-state index contributed by atoms with van der Waals surface area (Å²) in [6, 6.07) is 9.09. The molecule has 3 rings (SSSR count). The Kier molecular flexibility index (Phi) is 6.94. The van der Waals surface area contributed by atoms with Crippen molar-refractivity contribution in [1.29, 1.82) is 0 Å². The summed E-state index contributed by atoms with van der Waals surface area (Å²) >= 11 is 8.67. The van der Waals surface area contributed by atoms with Gasteiger partial charge in [-0.2, -0.15) is 0 Å². The molecule has 0 aliphatic carbocycles. The van der Waals surface area contributed by atoms with Gasteiger partial charge >= 0.3 is 5.97 Å². The molecule has 0 spiro atoms. The fraction of sp³-hybridized carbons (Fsp3) is 0.263. The molecule has 2 aromatic heterocycles. The molecule has 1 N–H and O–H groups in total. The van der Waals surface area contributed by atoms with Crippen LogP contribution in [0.5, 0.6) is 0 Å². The van der Waals surface area contributed by atoms with Crippen molar-refractivity contribution >= 4 is 51.6 Å². The molecule has 0 saturated heterocycles. The minimum atomic E-state index is -0.469. The van der Waals surface area contributed by atoms with E-state index in [1.54, 1.807) is 12.1 Å². The number of rotatable bonds is 7. The highest BCUT2D eigenvalue weighted by Crippen LogP contribution is 2.30. The van der Waals surface area contributed by atoms with Gasteiger partial charge in [-0.05, 0) is 24.6 Å². The molecule has 10 heteroatoms. The van der Waals surface area contributed by atoms with E-state index in [0.29, 0.717) is 26.6 Å². The third-order valence-electron chi connectivity index (χ3n) is 4.04. The minimum Gasteiger partial charge on any atom is -0.465 e. The number of methoxy groups -OCH3 is 1. The summed E-state index contributed by atoms with van der Waals surface area (Å²) in [5.74, 6) is 0.0798. The number of hydrogen-bond donors (Lipinski definition) is 1. The number of aryl methyl sites for hydroxylation is 1. The highest BCUT2D eigenvalue weighted by molar-refractivity contribution is 7.99. The first kappa shape index (κ1) is 21.4. The summed E-state index contributed by atoms with van der Waals surface area (Å²) in [6.45, 7) is 1.99. The number of esters is 1. The van der Waals surface area contributed by atoms with E-state index in [1.165, 1.54) is 30.2 Å². The van der Waals surface area contributed by atoms with E-state index < -0.39 is 5.97 Å². The van der Waals surface area contributed by atoms with Crippen LogP contribution in [0.4, 0.5) is 5.00 Å². The minimum absolute atomic E-state index is 0.126. The number of thiophene rings is 1. The molecule has 0 atom stereocenters. The maximum Gasteiger partial charge on any atom is 0.340 e. The SMILES string of the molecule is CCc1cc(C(=O)OC)c(NC(=O)CSc2nnc(-c3cccc(Cl)c3)n2C)s1. The Balaban J connectivity index is 1.68. The van der Waals surface area contributed by atoms with Crippen LogP contribution >= 0.6 is 34.7 Å². The summed E-state index contributed by atoms with van der Waals surface area (Å²) in [6.07, 6.45) is 0.768. The fourth-order valence-electron chi connectivity index (χ4n) is 2.58. The van der Waals surface area contributed by atoms with Crippen LogP contribution in [0.25, 0.3) is 11.4 Å². The number of hydrogen-bond acceptors (Lipinski definition) is 7. The standard InChI is InChI=1S/C19H19ClN4O3S2/c1-4-13-9-14(18(26)27-3)17(29-13)21-15(25)10-28-19-23-22-16(24(19)2)11-6-5-7-12(20)8-11/h5-9H,4,10H2,1-3H3,(H,21,25). The number of carbonyl (C=O) groups excluding carboxylic acids is 2. The molecule has 0 aliphatic heterocycles. The maximum atomic E-state index is 12.4. The van der Waals surface area contributed by atoms with E-state index in [-0.39, 0.29) is 11.7 Å². The molecule has 29 heavy (non-hydrogen) atoms. The molecule has 2 heterocycles.